The van der Waals surface area contributed by atoms with Crippen molar-refractivity contribution in [1.82, 2.24) is 14.8 Å². The van der Waals surface area contributed by atoms with Gasteiger partial charge in [0.05, 0.1) is 62.7 Å². The average molecular weight is 1220 g/mol. The third kappa shape index (κ3) is 26.8. The molecule has 7 aromatic heterocycles. The number of nitrogens with two attached hydrogens (primary N) is 1. The molecule has 0 fully saturated rings. The number of nitrogens with one attached hydrogen (secondary N) is 1. The Balaban J connectivity index is 0.000000297. The van der Waals surface area contributed by atoms with E-state index >= 15 is 0 Å². The second kappa shape index (κ2) is 35.4. The van der Waals surface area contributed by atoms with Crippen LogP contribution in [0.2, 0.25) is 21.7 Å². The number of carbonyl (C=O) groups is 2. The van der Waals surface area contributed by atoms with Gasteiger partial charge in [0.1, 0.15) is 17.4 Å². The molecule has 0 radical (unpaired) electrons. The van der Waals surface area contributed by atoms with Gasteiger partial charge in [-0.15, -0.1) is 80.0 Å². The summed E-state index contributed by atoms with van der Waals surface area (Å²) in [5, 5.41) is 41.6. The summed E-state index contributed by atoms with van der Waals surface area (Å²) >= 11 is 43.2. The summed E-state index contributed by atoms with van der Waals surface area (Å²) in [4.78, 5) is 34.3. The van der Waals surface area contributed by atoms with Crippen LogP contribution in [-0.4, -0.2) is 73.8 Å². The van der Waals surface area contributed by atoms with Crippen LogP contribution < -0.4 is 5.73 Å². The minimum absolute atomic E-state index is 0.112. The number of aliphatic imine (C=N–C) groups is 2. The Morgan fingerprint density at radius 2 is 1.39 bits per heavy atom. The lowest BCUT2D eigenvalue weighted by molar-refractivity contribution is -0.141. The lowest BCUT2D eigenvalue weighted by Crippen LogP contribution is -2.08. The fourth-order valence-electron chi connectivity index (χ4n) is 4.13. The zero-order valence-corrected chi connectivity index (χ0v) is 48.6. The van der Waals surface area contributed by atoms with Crippen molar-refractivity contribution in [3.8, 4) is 35.9 Å². The molecular weight excluding hydrogens is 1180 g/mol. The van der Waals surface area contributed by atoms with Gasteiger partial charge in [-0.3, -0.25) is 10.4 Å². The molecule has 0 unspecified atom stereocenters. The van der Waals surface area contributed by atoms with Crippen LogP contribution in [0.25, 0.3) is 17.6 Å². The number of nitriles is 2. The number of hydrogen-bond donors (Lipinski definition) is 2. The van der Waals surface area contributed by atoms with E-state index < -0.39 is 11.9 Å². The van der Waals surface area contributed by atoms with E-state index in [2.05, 4.69) is 24.8 Å². The van der Waals surface area contributed by atoms with Crippen molar-refractivity contribution < 1.29 is 19.1 Å². The summed E-state index contributed by atoms with van der Waals surface area (Å²) in [7, 11) is 0. The minimum atomic E-state index is -0.597. The quantitative estimate of drug-likeness (QED) is 0.0278. The van der Waals surface area contributed by atoms with Gasteiger partial charge in [0.15, 0.2) is 11.7 Å². The lowest BCUT2D eigenvalue weighted by Gasteiger charge is -2.03. The highest BCUT2D eigenvalue weighted by Gasteiger charge is 2.08. The van der Waals surface area contributed by atoms with Crippen LogP contribution in [0, 0.1) is 40.4 Å². The van der Waals surface area contributed by atoms with Crippen molar-refractivity contribution >= 4 is 190 Å². The van der Waals surface area contributed by atoms with Crippen LogP contribution in [0.3, 0.4) is 0 Å². The molecule has 8 heterocycles. The summed E-state index contributed by atoms with van der Waals surface area (Å²) < 4.78 is 14.5. The standard InChI is InChI=1S/C12H12ClN3O2S.C7H5ClN2S.C6H6ClNS2.C6H8O2.C5H4ClNS2.C5H2ClNS.C5H3NS/c1-8(2)18-11(17)3-4-16-7-14-12(15-16)9-5-10(13)19-6-9;8-6-3-5(4-11-6)7-9-1-2-10-7;1-9-6(8)4-2-5(7)10-3-4;1-4-6(7)8-5(2)3;6-4-1-3(2-9-4)5(7)8;6-5-1-4(2-7)3-8-5;6-3-5-1-2-7-4-5/h3-8H,1-2H3;1,3-4H,2H2;2-3,8H,1H3;1,5H,2-3H3;1-2H,(H2,7,8);1,3H;1-2,4H/b4-3-;;;;;;. The molecule has 0 saturated heterocycles. The topological polar surface area (TPSA) is 205 Å². The summed E-state index contributed by atoms with van der Waals surface area (Å²) in [6.45, 7) is 7.77. The number of thiophene rings is 6. The van der Waals surface area contributed by atoms with Crippen molar-refractivity contribution in [3.05, 3.63) is 136 Å². The van der Waals surface area contributed by atoms with Crippen molar-refractivity contribution in [2.45, 2.75) is 39.9 Å². The van der Waals surface area contributed by atoms with Crippen LogP contribution in [0.1, 0.15) is 55.5 Å². The number of hydrogen-bond acceptors (Lipinski definition) is 19. The van der Waals surface area contributed by atoms with E-state index in [0.29, 0.717) is 36.6 Å². The van der Waals surface area contributed by atoms with Gasteiger partial charge >= 0.3 is 11.9 Å². The van der Waals surface area contributed by atoms with Gasteiger partial charge in [-0.05, 0) is 75.7 Å². The SMILES string of the molecule is C#CC(=O)OC(C)C.CC(C)OC(=O)/C=C\n1cnc(-c2csc(Cl)c2)n1.CSC(=N)c1csc(Cl)c1.Clc1cc(C2=NCC=N2)cs1.N#Cc1ccsc1.N#Cc1csc(Cl)c1.NC(=S)c1csc(Cl)c1. The van der Waals surface area contributed by atoms with Crippen LogP contribution in [0.5, 0.6) is 0 Å². The van der Waals surface area contributed by atoms with Gasteiger partial charge in [0.25, 0.3) is 0 Å². The maximum atomic E-state index is 11.3. The summed E-state index contributed by atoms with van der Waals surface area (Å²) in [5.41, 5.74) is 10.3. The van der Waals surface area contributed by atoms with E-state index in [0.717, 1.165) is 46.7 Å². The number of esters is 2. The van der Waals surface area contributed by atoms with E-state index in [1.165, 1.54) is 91.7 Å². The fraction of sp³-hybridized carbons (Fsp3) is 0.174. The van der Waals surface area contributed by atoms with Gasteiger partial charge in [0.2, 0.25) is 0 Å². The minimum Gasteiger partial charge on any atom is -0.460 e. The Hall–Kier alpha value is -4.74. The van der Waals surface area contributed by atoms with Crippen molar-refractivity contribution in [1.29, 1.82) is 15.9 Å². The van der Waals surface area contributed by atoms with Crippen LogP contribution in [0.4, 0.5) is 0 Å². The molecule has 3 N–H and O–H groups in total. The number of ether oxygens (including phenoxy) is 2. The molecule has 376 valence electrons. The molecule has 7 aromatic rings. The molecule has 26 heteroatoms. The molecule has 72 heavy (non-hydrogen) atoms. The van der Waals surface area contributed by atoms with Crippen LogP contribution in [-0.2, 0) is 19.1 Å². The van der Waals surface area contributed by atoms with Gasteiger partial charge in [-0.25, -0.2) is 24.2 Å². The Kier molecular flexibility index (Phi) is 31.2. The second-order valence-electron chi connectivity index (χ2n) is 13.3. The lowest BCUT2D eigenvalue weighted by atomic mass is 10.3. The number of nitrogens with zero attached hydrogens (tertiary/aromatic N) is 7. The number of thiocarbonyl (C=S) groups is 1. The predicted octanol–water partition coefficient (Wildman–Crippen LogP) is 14.9. The molecule has 1 aliphatic rings. The maximum Gasteiger partial charge on any atom is 0.384 e. The smallest absolute Gasteiger partial charge is 0.384 e. The number of aromatic nitrogens is 3. The van der Waals surface area contributed by atoms with Crippen LogP contribution >= 0.6 is 150 Å². The highest BCUT2D eigenvalue weighted by atomic mass is 35.5. The molecule has 0 aromatic carbocycles. The van der Waals surface area contributed by atoms with E-state index in [4.69, 9.17) is 103 Å². The first kappa shape index (κ1) is 63.4. The first-order chi connectivity index (χ1) is 34.3. The Bertz CT molecular complexity index is 3020. The average Bonchev–Trinajstić information content (AvgIpc) is 4.19. The van der Waals surface area contributed by atoms with Gasteiger partial charge in [0, 0.05) is 78.9 Å². The number of thioether (sulfide) groups is 1. The largest absolute Gasteiger partial charge is 0.460 e. The van der Waals surface area contributed by atoms with Crippen molar-refractivity contribution in [2.75, 3.05) is 12.8 Å². The van der Waals surface area contributed by atoms with E-state index in [1.807, 2.05) is 68.7 Å². The molecule has 8 rings (SSSR count). The van der Waals surface area contributed by atoms with E-state index in [9.17, 15) is 9.59 Å². The molecule has 0 atom stereocenters. The zero-order valence-electron chi connectivity index (χ0n) is 38.3. The van der Waals surface area contributed by atoms with Gasteiger partial charge < -0.3 is 15.2 Å². The molecule has 0 aliphatic carbocycles. The number of amidine groups is 1. The summed E-state index contributed by atoms with van der Waals surface area (Å²) in [6, 6.07) is 14.7. The number of halogens is 5. The number of terminal acetylenes is 1. The van der Waals surface area contributed by atoms with E-state index in [-0.39, 0.29) is 12.2 Å². The van der Waals surface area contributed by atoms with Crippen molar-refractivity contribution in [2.24, 2.45) is 15.7 Å². The second-order valence-corrected chi connectivity index (χ2v) is 23.0. The van der Waals surface area contributed by atoms with Gasteiger partial charge in [-0.1, -0.05) is 70.2 Å². The third-order valence-corrected chi connectivity index (χ3v) is 14.1. The Morgan fingerprint density at radius 3 is 1.76 bits per heavy atom. The highest BCUT2D eigenvalue weighted by molar-refractivity contribution is 8.13. The molecule has 0 spiro atoms. The van der Waals surface area contributed by atoms with Crippen LogP contribution in [0.15, 0.2) is 96.4 Å². The summed E-state index contributed by atoms with van der Waals surface area (Å²) in [5.74, 6) is 2.19. The monoisotopic (exact) mass is 1210 g/mol. The zero-order chi connectivity index (χ0) is 53.6. The number of rotatable bonds is 8. The molecule has 0 saturated carbocycles. The Labute approximate surface area is 475 Å². The fourth-order valence-corrected chi connectivity index (χ4v) is 9.61. The van der Waals surface area contributed by atoms with E-state index in [1.54, 1.807) is 74.9 Å². The first-order valence-corrected chi connectivity index (χ1v) is 28.6. The number of carbonyl (C=O) groups excluding carboxylic acids is 2. The molecule has 13 nitrogen and oxygen atoms in total. The maximum absolute atomic E-state index is 11.3. The third-order valence-electron chi connectivity index (χ3n) is 7.10. The summed E-state index contributed by atoms with van der Waals surface area (Å²) in [6.07, 6.45) is 12.4. The predicted molar refractivity (Wildman–Crippen MR) is 312 cm³/mol. The molecule has 1 aliphatic heterocycles. The molecule has 0 bridgehead atoms. The molecular formula is C46H40Cl5N9O4S8. The molecule has 0 amide bonds. The van der Waals surface area contributed by atoms with Crippen molar-refractivity contribution in [3.63, 3.8) is 0 Å². The van der Waals surface area contributed by atoms with Gasteiger partial charge in [-0.2, -0.15) is 21.9 Å². The Morgan fingerprint density at radius 1 is 0.833 bits per heavy atom. The first-order valence-electron chi connectivity index (χ1n) is 19.8. The highest BCUT2D eigenvalue weighted by Crippen LogP contribution is 2.27. The normalized spacial score (nSPS) is 10.5.